The summed E-state index contributed by atoms with van der Waals surface area (Å²) < 4.78 is 0. The van der Waals surface area contributed by atoms with E-state index >= 15 is 0 Å². The van der Waals surface area contributed by atoms with Gasteiger partial charge in [-0.25, -0.2) is 11.8 Å². The van der Waals surface area contributed by atoms with E-state index < -0.39 is 0 Å². The summed E-state index contributed by atoms with van der Waals surface area (Å²) in [7, 11) is 0. The summed E-state index contributed by atoms with van der Waals surface area (Å²) in [6, 6.07) is 20.8. The van der Waals surface area contributed by atoms with Gasteiger partial charge in [-0.3, -0.25) is 6.07 Å². The van der Waals surface area contributed by atoms with Crippen molar-refractivity contribution >= 4 is 11.9 Å². The van der Waals surface area contributed by atoms with Crippen LogP contribution in [0, 0.1) is 13.0 Å². The van der Waals surface area contributed by atoms with Crippen LogP contribution >= 0.6 is 0 Å². The van der Waals surface area contributed by atoms with Crippen molar-refractivity contribution in [1.82, 2.24) is 0 Å². The summed E-state index contributed by atoms with van der Waals surface area (Å²) in [5.41, 5.74) is 2.16. The summed E-state index contributed by atoms with van der Waals surface area (Å²) in [6.07, 6.45) is 2.68. The van der Waals surface area contributed by atoms with Gasteiger partial charge in [0.05, 0.1) is 0 Å². The predicted octanol–water partition coefficient (Wildman–Crippen LogP) is 4.08. The van der Waals surface area contributed by atoms with E-state index in [9.17, 15) is 0 Å². The minimum absolute atomic E-state index is 0. The van der Waals surface area contributed by atoms with Gasteiger partial charge in [-0.05, 0) is 6.92 Å². The molecule has 0 heterocycles. The fourth-order valence-corrected chi connectivity index (χ4v) is 1.11. The van der Waals surface area contributed by atoms with Crippen LogP contribution in [0.25, 0.3) is 0 Å². The van der Waals surface area contributed by atoms with Crippen LogP contribution in [-0.2, 0) is 18.6 Å². The summed E-state index contributed by atoms with van der Waals surface area (Å²) in [6.45, 7) is 3.85. The van der Waals surface area contributed by atoms with Gasteiger partial charge in [-0.2, -0.15) is 24.4 Å². The van der Waals surface area contributed by atoms with Crippen molar-refractivity contribution in [1.29, 1.82) is 0 Å². The quantitative estimate of drug-likeness (QED) is 0.541. The van der Waals surface area contributed by atoms with Gasteiger partial charge in [-0.15, -0.1) is 6.92 Å². The number of aliphatic imine (C=N–C) groups is 1. The number of para-hydroxylation sites is 1. The van der Waals surface area contributed by atoms with Crippen molar-refractivity contribution in [3.63, 3.8) is 0 Å². The molecule has 2 aromatic carbocycles. The first-order chi connectivity index (χ1) is 7.83. The minimum Gasteiger partial charge on any atom is -0.482 e. The fourth-order valence-electron chi connectivity index (χ4n) is 1.11. The van der Waals surface area contributed by atoms with Crippen molar-refractivity contribution in [3.05, 3.63) is 66.2 Å². The summed E-state index contributed by atoms with van der Waals surface area (Å²) >= 11 is 0. The Labute approximate surface area is 115 Å². The summed E-state index contributed by atoms with van der Waals surface area (Å²) in [4.78, 5) is 3.90. The molecule has 0 saturated heterocycles. The Kier molecular flexibility index (Phi) is 9.13. The molecule has 1 nitrogen and oxygen atoms in total. The van der Waals surface area contributed by atoms with E-state index in [-0.39, 0.29) is 18.6 Å². The van der Waals surface area contributed by atoms with Gasteiger partial charge >= 0.3 is 18.6 Å². The molecular weight excluding hydrogens is 245 g/mol. The molecule has 0 fully saturated rings. The molecule has 1 radical (unpaired) electrons. The molecule has 0 aliphatic heterocycles. The van der Waals surface area contributed by atoms with Crippen molar-refractivity contribution in [3.8, 4) is 0 Å². The Balaban J connectivity index is 0.000000292. The average Bonchev–Trinajstić information content (AvgIpc) is 2.33. The third kappa shape index (κ3) is 7.56. The first-order valence-electron chi connectivity index (χ1n) is 5.19. The molecule has 2 heteroatoms. The molecule has 2 rings (SSSR count). The first kappa shape index (κ1) is 15.7. The number of hydrogen-bond donors (Lipinski definition) is 0. The second-order valence-corrected chi connectivity index (χ2v) is 3.24. The first-order valence-corrected chi connectivity index (χ1v) is 5.19. The standard InChI is InChI=1S/C8H7N.C7H8.V/c1-2-9-8-6-4-3-5-7-8;1-7-5-3-2-4-6-7;/h3-6H,1H3;2-6H,1H3;/q-2;;+2. The van der Waals surface area contributed by atoms with Gasteiger partial charge < -0.3 is 4.99 Å². The molecule has 2 aromatic rings. The topological polar surface area (TPSA) is 12.4 Å². The van der Waals surface area contributed by atoms with Crippen LogP contribution in [0.3, 0.4) is 0 Å². The van der Waals surface area contributed by atoms with Crippen LogP contribution in [0.4, 0.5) is 5.69 Å². The minimum atomic E-state index is 0. The van der Waals surface area contributed by atoms with Crippen molar-refractivity contribution < 1.29 is 18.6 Å². The smallest absolute Gasteiger partial charge is 0.482 e. The van der Waals surface area contributed by atoms with Crippen LogP contribution < -0.4 is 0 Å². The zero-order valence-electron chi connectivity index (χ0n) is 10.1. The maximum Gasteiger partial charge on any atom is 2.00 e. The van der Waals surface area contributed by atoms with Crippen molar-refractivity contribution in [2.24, 2.45) is 4.99 Å². The second-order valence-electron chi connectivity index (χ2n) is 3.24. The molecular formula is C15H15NV. The Morgan fingerprint density at radius 3 is 2.06 bits per heavy atom. The summed E-state index contributed by atoms with van der Waals surface area (Å²) in [5.74, 6) is 0. The van der Waals surface area contributed by atoms with Gasteiger partial charge in [0.2, 0.25) is 0 Å². The molecule has 0 bridgehead atoms. The molecule has 0 unspecified atom stereocenters. The number of rotatable bonds is 1. The van der Waals surface area contributed by atoms with Crippen LogP contribution in [0.1, 0.15) is 12.5 Å². The molecule has 0 aromatic heterocycles. The third-order valence-electron chi connectivity index (χ3n) is 1.87. The van der Waals surface area contributed by atoms with Crippen LogP contribution in [-0.4, -0.2) is 6.21 Å². The van der Waals surface area contributed by atoms with Gasteiger partial charge in [0.15, 0.2) is 0 Å². The van der Waals surface area contributed by atoms with Gasteiger partial charge in [-0.1, -0.05) is 35.9 Å². The molecule has 0 amide bonds. The number of hydrogen-bond acceptors (Lipinski definition) is 1. The monoisotopic (exact) mass is 260 g/mol. The molecule has 0 N–H and O–H groups in total. The molecule has 85 valence electrons. The molecule has 0 spiro atoms. The predicted molar refractivity (Wildman–Crippen MR) is 69.2 cm³/mol. The second kappa shape index (κ2) is 9.89. The van der Waals surface area contributed by atoms with E-state index in [1.807, 2.05) is 42.5 Å². The molecule has 0 atom stereocenters. The van der Waals surface area contributed by atoms with Crippen LogP contribution in [0.15, 0.2) is 59.6 Å². The van der Waals surface area contributed by atoms with E-state index in [1.54, 1.807) is 6.92 Å². The van der Waals surface area contributed by atoms with Crippen molar-refractivity contribution in [2.45, 2.75) is 13.8 Å². The zero-order chi connectivity index (χ0) is 11.6. The molecule has 0 saturated carbocycles. The maximum atomic E-state index is 3.90. The van der Waals surface area contributed by atoms with E-state index in [2.05, 4.69) is 36.3 Å². The Morgan fingerprint density at radius 2 is 1.65 bits per heavy atom. The fraction of sp³-hybridized carbons (Fsp3) is 0.133. The van der Waals surface area contributed by atoms with E-state index in [4.69, 9.17) is 0 Å². The van der Waals surface area contributed by atoms with E-state index in [0.717, 1.165) is 5.69 Å². The number of benzene rings is 2. The van der Waals surface area contributed by atoms with Gasteiger partial charge in [0, 0.05) is 0 Å². The largest absolute Gasteiger partial charge is 2.00 e. The maximum absolute atomic E-state index is 3.90. The molecule has 0 aliphatic carbocycles. The summed E-state index contributed by atoms with van der Waals surface area (Å²) in [5, 5.41) is 0. The molecule has 0 aliphatic rings. The van der Waals surface area contributed by atoms with Crippen LogP contribution in [0.2, 0.25) is 0 Å². The Hall–Kier alpha value is -1.31. The number of aryl methyl sites for hydroxylation is 1. The van der Waals surface area contributed by atoms with E-state index in [1.165, 1.54) is 5.56 Å². The average molecular weight is 260 g/mol. The normalized spacial score (nSPS) is 9.06. The van der Waals surface area contributed by atoms with Crippen molar-refractivity contribution in [2.75, 3.05) is 0 Å². The van der Waals surface area contributed by atoms with Gasteiger partial charge in [0.25, 0.3) is 0 Å². The third-order valence-corrected chi connectivity index (χ3v) is 1.87. The zero-order valence-corrected chi connectivity index (χ0v) is 11.5. The van der Waals surface area contributed by atoms with E-state index in [0.29, 0.717) is 0 Å². The Morgan fingerprint density at radius 1 is 1.00 bits per heavy atom. The molecule has 17 heavy (non-hydrogen) atoms. The Bertz CT molecular complexity index is 409. The van der Waals surface area contributed by atoms with Gasteiger partial charge in [0.1, 0.15) is 0 Å². The SMILES string of the molecule is C[C-]=Nc1[c-]cccc1.Cc1ccccc1.[V+2]. The van der Waals surface area contributed by atoms with Crippen LogP contribution in [0.5, 0.6) is 0 Å². The number of nitrogens with zero attached hydrogens (tertiary/aromatic N) is 1.